The minimum absolute atomic E-state index is 0.0577. The largest absolute Gasteiger partial charge is 0.496 e. The van der Waals surface area contributed by atoms with Crippen molar-refractivity contribution in [3.63, 3.8) is 0 Å². The molecule has 2 aromatic rings. The van der Waals surface area contributed by atoms with Crippen LogP contribution < -0.4 is 20.9 Å². The first-order valence-electron chi connectivity index (χ1n) is 7.80. The van der Waals surface area contributed by atoms with Crippen LogP contribution in [0.3, 0.4) is 0 Å². The number of benzene rings is 2. The lowest BCUT2D eigenvalue weighted by Gasteiger charge is -2.23. The van der Waals surface area contributed by atoms with Gasteiger partial charge in [0.2, 0.25) is 0 Å². The minimum Gasteiger partial charge on any atom is -0.496 e. The lowest BCUT2D eigenvalue weighted by atomic mass is 9.91. The van der Waals surface area contributed by atoms with E-state index in [1.807, 2.05) is 36.4 Å². The Hall–Kier alpha value is -2.08. The summed E-state index contributed by atoms with van der Waals surface area (Å²) in [7, 11) is 1.55. The Labute approximate surface area is 146 Å². The first kappa shape index (κ1) is 16.8. The molecule has 3 atom stereocenters. The molecule has 1 amide bonds. The van der Waals surface area contributed by atoms with Gasteiger partial charge >= 0.3 is 0 Å². The van der Waals surface area contributed by atoms with Gasteiger partial charge in [-0.1, -0.05) is 35.9 Å². The Bertz CT molecular complexity index is 738. The van der Waals surface area contributed by atoms with Gasteiger partial charge in [-0.15, -0.1) is 0 Å². The number of para-hydroxylation sites is 1. The van der Waals surface area contributed by atoms with Crippen molar-refractivity contribution in [1.29, 1.82) is 0 Å². The van der Waals surface area contributed by atoms with E-state index in [2.05, 4.69) is 23.1 Å². The van der Waals surface area contributed by atoms with E-state index in [1.54, 1.807) is 19.2 Å². The Morgan fingerprint density at radius 1 is 1.17 bits per heavy atom. The first-order chi connectivity index (χ1) is 11.6. The SMILES string of the molecule is COc1ccccc1C(=O)NC1NNC(C)C1c1cccc(Cl)c1. The molecule has 1 heterocycles. The molecule has 1 saturated heterocycles. The second kappa shape index (κ2) is 7.21. The summed E-state index contributed by atoms with van der Waals surface area (Å²) < 4.78 is 5.26. The van der Waals surface area contributed by atoms with Crippen molar-refractivity contribution in [2.24, 2.45) is 0 Å². The number of ether oxygens (including phenoxy) is 1. The zero-order valence-corrected chi connectivity index (χ0v) is 14.3. The standard InChI is InChI=1S/C18H20ClN3O2/c1-11-16(12-6-5-7-13(19)10-12)17(22-21-11)20-18(23)14-8-3-4-9-15(14)24-2/h3-11,16-17,21-22H,1-2H3,(H,20,23). The second-order valence-electron chi connectivity index (χ2n) is 5.81. The average Bonchev–Trinajstić information content (AvgIpc) is 2.95. The summed E-state index contributed by atoms with van der Waals surface area (Å²) in [5.74, 6) is 0.420. The van der Waals surface area contributed by atoms with Crippen LogP contribution >= 0.6 is 11.6 Å². The third kappa shape index (κ3) is 3.38. The fourth-order valence-corrected chi connectivity index (χ4v) is 3.26. The van der Waals surface area contributed by atoms with Gasteiger partial charge in [0.15, 0.2) is 0 Å². The van der Waals surface area contributed by atoms with E-state index in [9.17, 15) is 4.79 Å². The van der Waals surface area contributed by atoms with E-state index in [4.69, 9.17) is 16.3 Å². The molecule has 3 N–H and O–H groups in total. The lowest BCUT2D eigenvalue weighted by molar-refractivity contribution is 0.0925. The van der Waals surface area contributed by atoms with Gasteiger partial charge in [-0.25, -0.2) is 5.43 Å². The van der Waals surface area contributed by atoms with Gasteiger partial charge in [0, 0.05) is 17.0 Å². The summed E-state index contributed by atoms with van der Waals surface area (Å²) in [5.41, 5.74) is 7.90. The molecule has 0 radical (unpaired) electrons. The third-order valence-corrected chi connectivity index (χ3v) is 4.47. The Morgan fingerprint density at radius 3 is 2.71 bits per heavy atom. The van der Waals surface area contributed by atoms with Crippen molar-refractivity contribution in [2.45, 2.75) is 25.0 Å². The zero-order valence-electron chi connectivity index (χ0n) is 13.5. The average molecular weight is 346 g/mol. The summed E-state index contributed by atoms with van der Waals surface area (Å²) in [6.45, 7) is 2.06. The van der Waals surface area contributed by atoms with Crippen molar-refractivity contribution in [1.82, 2.24) is 16.2 Å². The normalized spacial score (nSPS) is 23.0. The minimum atomic E-state index is -0.254. The van der Waals surface area contributed by atoms with E-state index >= 15 is 0 Å². The van der Waals surface area contributed by atoms with Crippen molar-refractivity contribution in [3.8, 4) is 5.75 Å². The number of amides is 1. The van der Waals surface area contributed by atoms with Gasteiger partial charge < -0.3 is 10.1 Å². The van der Waals surface area contributed by atoms with Crippen LogP contribution in [0.4, 0.5) is 0 Å². The molecular weight excluding hydrogens is 326 g/mol. The molecular formula is C18H20ClN3O2. The smallest absolute Gasteiger partial charge is 0.256 e. The molecule has 5 nitrogen and oxygen atoms in total. The highest BCUT2D eigenvalue weighted by atomic mass is 35.5. The maximum Gasteiger partial charge on any atom is 0.256 e. The van der Waals surface area contributed by atoms with Crippen LogP contribution in [0.25, 0.3) is 0 Å². The van der Waals surface area contributed by atoms with Crippen molar-refractivity contribution >= 4 is 17.5 Å². The summed E-state index contributed by atoms with van der Waals surface area (Å²) >= 11 is 6.12. The van der Waals surface area contributed by atoms with Crippen LogP contribution in [-0.2, 0) is 0 Å². The third-order valence-electron chi connectivity index (χ3n) is 4.24. The van der Waals surface area contributed by atoms with Crippen LogP contribution in [0.1, 0.15) is 28.8 Å². The molecule has 6 heteroatoms. The lowest BCUT2D eigenvalue weighted by Crippen LogP contribution is -2.46. The highest BCUT2D eigenvalue weighted by Gasteiger charge is 2.35. The van der Waals surface area contributed by atoms with Gasteiger partial charge in [-0.3, -0.25) is 10.2 Å². The van der Waals surface area contributed by atoms with Gasteiger partial charge in [-0.05, 0) is 36.8 Å². The number of rotatable bonds is 4. The quantitative estimate of drug-likeness (QED) is 0.797. The van der Waals surface area contributed by atoms with Crippen molar-refractivity contribution < 1.29 is 9.53 Å². The molecule has 3 rings (SSSR count). The van der Waals surface area contributed by atoms with E-state index in [1.165, 1.54) is 0 Å². The monoisotopic (exact) mass is 345 g/mol. The number of hydrazine groups is 1. The molecule has 2 aromatic carbocycles. The molecule has 1 fully saturated rings. The molecule has 1 aliphatic heterocycles. The molecule has 126 valence electrons. The highest BCUT2D eigenvalue weighted by molar-refractivity contribution is 6.30. The van der Waals surface area contributed by atoms with Gasteiger partial charge in [0.25, 0.3) is 5.91 Å². The summed E-state index contributed by atoms with van der Waals surface area (Å²) in [5, 5.41) is 3.71. The zero-order chi connectivity index (χ0) is 17.1. The maximum atomic E-state index is 12.6. The van der Waals surface area contributed by atoms with Crippen molar-refractivity contribution in [2.75, 3.05) is 7.11 Å². The molecule has 0 aromatic heterocycles. The van der Waals surface area contributed by atoms with Crippen LogP contribution in [0.15, 0.2) is 48.5 Å². The predicted molar refractivity (Wildman–Crippen MR) is 94.2 cm³/mol. The predicted octanol–water partition coefficient (Wildman–Crippen LogP) is 2.68. The summed E-state index contributed by atoms with van der Waals surface area (Å²) in [6, 6.07) is 15.0. The summed E-state index contributed by atoms with van der Waals surface area (Å²) in [4.78, 5) is 12.6. The molecule has 3 unspecified atom stereocenters. The number of carbonyl (C=O) groups excluding carboxylic acids is 1. The molecule has 0 bridgehead atoms. The number of halogens is 1. The van der Waals surface area contributed by atoms with Crippen LogP contribution in [0, 0.1) is 0 Å². The number of hydrogen-bond acceptors (Lipinski definition) is 4. The summed E-state index contributed by atoms with van der Waals surface area (Å²) in [6.07, 6.45) is -0.254. The van der Waals surface area contributed by atoms with Gasteiger partial charge in [-0.2, -0.15) is 0 Å². The van der Waals surface area contributed by atoms with Crippen LogP contribution in [0.2, 0.25) is 5.02 Å². The van der Waals surface area contributed by atoms with Gasteiger partial charge in [0.1, 0.15) is 11.9 Å². The fraction of sp³-hybridized carbons (Fsp3) is 0.278. The molecule has 0 aliphatic carbocycles. The van der Waals surface area contributed by atoms with Gasteiger partial charge in [0.05, 0.1) is 12.7 Å². The molecule has 0 saturated carbocycles. The number of nitrogens with one attached hydrogen (secondary N) is 3. The topological polar surface area (TPSA) is 62.4 Å². The van der Waals surface area contributed by atoms with Crippen LogP contribution in [0.5, 0.6) is 5.75 Å². The molecule has 24 heavy (non-hydrogen) atoms. The van der Waals surface area contributed by atoms with Crippen LogP contribution in [-0.4, -0.2) is 25.2 Å². The number of carbonyl (C=O) groups is 1. The van der Waals surface area contributed by atoms with Crippen molar-refractivity contribution in [3.05, 3.63) is 64.7 Å². The van der Waals surface area contributed by atoms with E-state index < -0.39 is 0 Å². The first-order valence-corrected chi connectivity index (χ1v) is 8.18. The Balaban J connectivity index is 1.82. The molecule has 1 aliphatic rings. The number of methoxy groups -OCH3 is 1. The van der Waals surface area contributed by atoms with E-state index in [-0.39, 0.29) is 24.0 Å². The molecule has 0 spiro atoms. The maximum absolute atomic E-state index is 12.6. The Morgan fingerprint density at radius 2 is 1.96 bits per heavy atom. The van der Waals surface area contributed by atoms with E-state index in [0.717, 1.165) is 5.56 Å². The van der Waals surface area contributed by atoms with E-state index in [0.29, 0.717) is 16.3 Å². The highest BCUT2D eigenvalue weighted by Crippen LogP contribution is 2.28. The fourth-order valence-electron chi connectivity index (χ4n) is 3.06. The Kier molecular flexibility index (Phi) is 5.04. The number of hydrogen-bond donors (Lipinski definition) is 3. The second-order valence-corrected chi connectivity index (χ2v) is 6.25.